The summed E-state index contributed by atoms with van der Waals surface area (Å²) in [6, 6.07) is 1.91. The fourth-order valence-electron chi connectivity index (χ4n) is 4.61. The molecule has 7 nitrogen and oxygen atoms in total. The first kappa shape index (κ1) is 18.2. The van der Waals surface area contributed by atoms with Crippen LogP contribution >= 0.6 is 0 Å². The Hall–Kier alpha value is -2.18. The van der Waals surface area contributed by atoms with Crippen LogP contribution in [0.4, 0.5) is 0 Å². The summed E-state index contributed by atoms with van der Waals surface area (Å²) in [6.07, 6.45) is 12.9. The van der Waals surface area contributed by atoms with Crippen molar-refractivity contribution in [2.24, 2.45) is 13.0 Å². The molecule has 27 heavy (non-hydrogen) atoms. The third-order valence-electron chi connectivity index (χ3n) is 6.24. The van der Waals surface area contributed by atoms with Gasteiger partial charge in [0, 0.05) is 44.9 Å². The summed E-state index contributed by atoms with van der Waals surface area (Å²) < 4.78 is 3.94. The van der Waals surface area contributed by atoms with E-state index in [2.05, 4.69) is 24.8 Å². The Morgan fingerprint density at radius 1 is 1.19 bits per heavy atom. The first-order chi connectivity index (χ1) is 13.2. The maximum atomic E-state index is 12.7. The lowest BCUT2D eigenvalue weighted by Crippen LogP contribution is -2.39. The van der Waals surface area contributed by atoms with Gasteiger partial charge >= 0.3 is 0 Å². The minimum atomic E-state index is 0.276. The zero-order valence-electron chi connectivity index (χ0n) is 16.3. The Bertz CT molecular complexity index is 747. The highest BCUT2D eigenvalue weighted by Crippen LogP contribution is 2.30. The molecule has 2 aromatic heterocycles. The average molecular weight is 371 g/mol. The highest BCUT2D eigenvalue weighted by Gasteiger charge is 2.28. The van der Waals surface area contributed by atoms with Crippen molar-refractivity contribution in [2.45, 2.75) is 63.8 Å². The Morgan fingerprint density at radius 3 is 2.81 bits per heavy atom. The number of carbonyl (C=O) groups excluding carboxylic acids is 1. The molecule has 1 atom stereocenters. The quantitative estimate of drug-likeness (QED) is 0.784. The van der Waals surface area contributed by atoms with Gasteiger partial charge in [-0.05, 0) is 31.2 Å². The third-order valence-corrected chi connectivity index (χ3v) is 6.24. The summed E-state index contributed by atoms with van der Waals surface area (Å²) in [5, 5.41) is 13.1. The first-order valence-corrected chi connectivity index (χ1v) is 10.3. The van der Waals surface area contributed by atoms with Crippen molar-refractivity contribution in [3.63, 3.8) is 0 Å². The van der Waals surface area contributed by atoms with Crippen LogP contribution in [-0.2, 0) is 18.4 Å². The van der Waals surface area contributed by atoms with Crippen LogP contribution < -0.4 is 0 Å². The lowest BCUT2D eigenvalue weighted by molar-refractivity contribution is -0.132. The Morgan fingerprint density at radius 2 is 2.04 bits per heavy atom. The predicted molar refractivity (Wildman–Crippen MR) is 102 cm³/mol. The molecule has 1 aliphatic carbocycles. The molecule has 2 fully saturated rings. The van der Waals surface area contributed by atoms with Crippen molar-refractivity contribution in [3.8, 4) is 0 Å². The van der Waals surface area contributed by atoms with E-state index in [0.717, 1.165) is 49.9 Å². The number of likely N-dealkylation sites (tertiary alicyclic amines) is 1. The van der Waals surface area contributed by atoms with Crippen LogP contribution in [0.2, 0.25) is 0 Å². The molecule has 0 N–H and O–H groups in total. The Kier molecular flexibility index (Phi) is 5.55. The second-order valence-electron chi connectivity index (χ2n) is 8.11. The van der Waals surface area contributed by atoms with Gasteiger partial charge in [-0.3, -0.25) is 9.48 Å². The second-order valence-corrected chi connectivity index (χ2v) is 8.11. The first-order valence-electron chi connectivity index (χ1n) is 10.3. The minimum absolute atomic E-state index is 0.276. The van der Waals surface area contributed by atoms with E-state index >= 15 is 0 Å². The van der Waals surface area contributed by atoms with E-state index in [1.54, 1.807) is 6.20 Å². The van der Waals surface area contributed by atoms with Crippen LogP contribution in [0, 0.1) is 5.92 Å². The molecule has 146 valence electrons. The fourth-order valence-corrected chi connectivity index (χ4v) is 4.61. The van der Waals surface area contributed by atoms with Gasteiger partial charge < -0.3 is 9.47 Å². The van der Waals surface area contributed by atoms with E-state index < -0.39 is 0 Å². The monoisotopic (exact) mass is 370 g/mol. The van der Waals surface area contributed by atoms with E-state index in [-0.39, 0.29) is 5.92 Å². The number of rotatable bonds is 6. The topological polar surface area (TPSA) is 68.8 Å². The third kappa shape index (κ3) is 4.22. The fraction of sp³-hybridized carbons (Fsp3) is 0.700. The smallest absolute Gasteiger partial charge is 0.222 e. The zero-order chi connectivity index (χ0) is 18.6. The number of amides is 1. The summed E-state index contributed by atoms with van der Waals surface area (Å²) in [4.78, 5) is 14.8. The van der Waals surface area contributed by atoms with Gasteiger partial charge in [-0.15, -0.1) is 10.2 Å². The molecular formula is C20H30N6O. The number of aromatic nitrogens is 5. The van der Waals surface area contributed by atoms with Gasteiger partial charge in [-0.2, -0.15) is 5.10 Å². The molecule has 1 aliphatic heterocycles. The molecule has 0 aromatic carbocycles. The average Bonchev–Trinajstić information content (AvgIpc) is 3.44. The lowest BCUT2D eigenvalue weighted by Gasteiger charge is -2.32. The predicted octanol–water partition coefficient (Wildman–Crippen LogP) is 2.74. The lowest BCUT2D eigenvalue weighted by atomic mass is 9.96. The molecule has 1 amide bonds. The number of hydrogen-bond acceptors (Lipinski definition) is 4. The number of piperidine rings is 1. The van der Waals surface area contributed by atoms with Crippen LogP contribution in [0.1, 0.15) is 68.9 Å². The summed E-state index contributed by atoms with van der Waals surface area (Å²) in [7, 11) is 2.02. The highest BCUT2D eigenvalue weighted by atomic mass is 16.2. The zero-order valence-corrected chi connectivity index (χ0v) is 16.3. The van der Waals surface area contributed by atoms with Crippen molar-refractivity contribution in [3.05, 3.63) is 30.1 Å². The van der Waals surface area contributed by atoms with Crippen molar-refractivity contribution >= 4 is 5.91 Å². The van der Waals surface area contributed by atoms with E-state index in [9.17, 15) is 4.79 Å². The van der Waals surface area contributed by atoms with E-state index in [4.69, 9.17) is 0 Å². The Balaban J connectivity index is 1.36. The number of carbonyl (C=O) groups is 1. The van der Waals surface area contributed by atoms with Gasteiger partial charge in [0.1, 0.15) is 12.4 Å². The second kappa shape index (κ2) is 8.23. The van der Waals surface area contributed by atoms with Crippen LogP contribution in [0.5, 0.6) is 0 Å². The maximum Gasteiger partial charge on any atom is 0.222 e. The molecule has 2 aromatic rings. The summed E-state index contributed by atoms with van der Waals surface area (Å²) in [6.45, 7) is 2.28. The number of hydrogen-bond donors (Lipinski definition) is 0. The van der Waals surface area contributed by atoms with Crippen molar-refractivity contribution < 1.29 is 4.79 Å². The van der Waals surface area contributed by atoms with E-state index in [1.165, 1.54) is 25.7 Å². The van der Waals surface area contributed by atoms with E-state index in [0.29, 0.717) is 18.9 Å². The molecule has 4 rings (SSSR count). The van der Waals surface area contributed by atoms with Crippen LogP contribution in [0.15, 0.2) is 18.5 Å². The van der Waals surface area contributed by atoms with Gasteiger partial charge in [0.25, 0.3) is 0 Å². The van der Waals surface area contributed by atoms with Crippen molar-refractivity contribution in [2.75, 3.05) is 13.1 Å². The normalized spacial score (nSPS) is 21.1. The van der Waals surface area contributed by atoms with Crippen LogP contribution in [-0.4, -0.2) is 48.4 Å². The summed E-state index contributed by atoms with van der Waals surface area (Å²) in [5.41, 5.74) is 0. The summed E-state index contributed by atoms with van der Waals surface area (Å²) in [5.74, 6) is 3.27. The molecule has 0 unspecified atom stereocenters. The molecule has 3 heterocycles. The van der Waals surface area contributed by atoms with Gasteiger partial charge in [-0.1, -0.05) is 25.7 Å². The van der Waals surface area contributed by atoms with E-state index in [1.807, 2.05) is 24.0 Å². The van der Waals surface area contributed by atoms with Crippen LogP contribution in [0.3, 0.4) is 0 Å². The molecule has 7 heteroatoms. The molecule has 1 saturated carbocycles. The molecule has 2 aliphatic rings. The van der Waals surface area contributed by atoms with Gasteiger partial charge in [0.15, 0.2) is 5.82 Å². The largest absolute Gasteiger partial charge is 0.342 e. The SMILES string of the molecule is Cn1c(Cn2cccn2)nnc1[C@H]1CCCN(C(=O)CCC2CCCC2)C1. The molecule has 0 spiro atoms. The molecule has 0 radical (unpaired) electrons. The maximum absolute atomic E-state index is 12.7. The van der Waals surface area contributed by atoms with Gasteiger partial charge in [0.05, 0.1) is 0 Å². The number of nitrogens with zero attached hydrogens (tertiary/aromatic N) is 6. The van der Waals surface area contributed by atoms with Gasteiger partial charge in [-0.25, -0.2) is 0 Å². The van der Waals surface area contributed by atoms with Crippen LogP contribution in [0.25, 0.3) is 0 Å². The molecule has 0 bridgehead atoms. The Labute approximate surface area is 160 Å². The van der Waals surface area contributed by atoms with Gasteiger partial charge in [0.2, 0.25) is 5.91 Å². The molecule has 1 saturated heterocycles. The van der Waals surface area contributed by atoms with Crippen molar-refractivity contribution in [1.29, 1.82) is 0 Å². The highest BCUT2D eigenvalue weighted by molar-refractivity contribution is 5.76. The standard InChI is InChI=1S/C20H30N6O/c1-24-18(15-26-13-5-11-21-26)22-23-20(24)17-8-4-12-25(14-17)19(27)10-9-16-6-2-3-7-16/h5,11,13,16-17H,2-4,6-10,12,14-15H2,1H3/t17-/m0/s1. The summed E-state index contributed by atoms with van der Waals surface area (Å²) >= 11 is 0. The minimum Gasteiger partial charge on any atom is -0.342 e. The van der Waals surface area contributed by atoms with Crippen molar-refractivity contribution in [1.82, 2.24) is 29.4 Å². The molecular weight excluding hydrogens is 340 g/mol.